The van der Waals surface area contributed by atoms with Crippen molar-refractivity contribution in [1.82, 2.24) is 9.78 Å². The van der Waals surface area contributed by atoms with Crippen LogP contribution in [-0.4, -0.2) is 25.9 Å². The van der Waals surface area contributed by atoms with Gasteiger partial charge in [-0.25, -0.2) is 18.8 Å². The average molecular weight is 398 g/mol. The standard InChI is InChI=1S/C20H19FN4O4/c1-20(2,3)17-12-18(24(22-17)16-6-4-5-13(21)11-16)23(19(26)27)14-7-9-15(10-8-14)25(28)29/h4-12H,1-3H3,(H,26,27). The molecule has 0 aliphatic rings. The summed E-state index contributed by atoms with van der Waals surface area (Å²) in [6.45, 7) is 5.77. The summed E-state index contributed by atoms with van der Waals surface area (Å²) in [5, 5.41) is 25.3. The molecule has 3 rings (SSSR count). The summed E-state index contributed by atoms with van der Waals surface area (Å²) in [4.78, 5) is 23.4. The molecule has 0 unspecified atom stereocenters. The maximum absolute atomic E-state index is 13.8. The minimum atomic E-state index is -1.31. The van der Waals surface area contributed by atoms with Crippen molar-refractivity contribution in [1.29, 1.82) is 0 Å². The van der Waals surface area contributed by atoms with Crippen molar-refractivity contribution in [3.05, 3.63) is 76.2 Å². The van der Waals surface area contributed by atoms with Gasteiger partial charge in [0.05, 0.1) is 22.0 Å². The topological polar surface area (TPSA) is 102 Å². The monoisotopic (exact) mass is 398 g/mol. The van der Waals surface area contributed by atoms with Crippen molar-refractivity contribution in [2.45, 2.75) is 26.2 Å². The van der Waals surface area contributed by atoms with Crippen LogP contribution in [0.4, 0.5) is 26.4 Å². The zero-order valence-corrected chi connectivity index (χ0v) is 16.0. The number of carboxylic acid groups (broad SMARTS) is 1. The van der Waals surface area contributed by atoms with Gasteiger partial charge in [-0.3, -0.25) is 10.1 Å². The van der Waals surface area contributed by atoms with E-state index in [2.05, 4.69) is 5.10 Å². The minimum Gasteiger partial charge on any atom is -0.464 e. The summed E-state index contributed by atoms with van der Waals surface area (Å²) in [6.07, 6.45) is -1.31. The molecule has 1 aromatic heterocycles. The SMILES string of the molecule is CC(C)(C)c1cc(N(C(=O)O)c2ccc([N+](=O)[O-])cc2)n(-c2cccc(F)c2)n1. The zero-order chi connectivity index (χ0) is 21.3. The van der Waals surface area contributed by atoms with E-state index >= 15 is 0 Å². The molecule has 0 radical (unpaired) electrons. The van der Waals surface area contributed by atoms with E-state index in [4.69, 9.17) is 0 Å². The molecular formula is C20H19FN4O4. The van der Waals surface area contributed by atoms with Gasteiger partial charge >= 0.3 is 6.09 Å². The molecule has 150 valence electrons. The number of benzene rings is 2. The summed E-state index contributed by atoms with van der Waals surface area (Å²) < 4.78 is 15.1. The first-order chi connectivity index (χ1) is 13.6. The molecule has 0 bridgehead atoms. The molecule has 9 heteroatoms. The minimum absolute atomic E-state index is 0.159. The Morgan fingerprint density at radius 3 is 2.34 bits per heavy atom. The molecule has 29 heavy (non-hydrogen) atoms. The van der Waals surface area contributed by atoms with Crippen LogP contribution < -0.4 is 4.90 Å². The lowest BCUT2D eigenvalue weighted by Gasteiger charge is -2.20. The predicted octanol–water partition coefficient (Wildman–Crippen LogP) is 5.03. The number of nitro groups is 1. The van der Waals surface area contributed by atoms with Gasteiger partial charge < -0.3 is 5.11 Å². The molecule has 0 spiro atoms. The number of nitrogens with zero attached hydrogens (tertiary/aromatic N) is 4. The van der Waals surface area contributed by atoms with Gasteiger partial charge in [0, 0.05) is 23.6 Å². The average Bonchev–Trinajstić information content (AvgIpc) is 3.07. The van der Waals surface area contributed by atoms with Crippen molar-refractivity contribution < 1.29 is 19.2 Å². The molecule has 0 fully saturated rings. The van der Waals surface area contributed by atoms with Gasteiger partial charge in [-0.05, 0) is 30.3 Å². The van der Waals surface area contributed by atoms with Gasteiger partial charge in [-0.1, -0.05) is 26.8 Å². The van der Waals surface area contributed by atoms with E-state index in [1.807, 2.05) is 20.8 Å². The second-order valence-electron chi connectivity index (χ2n) is 7.42. The highest BCUT2D eigenvalue weighted by Crippen LogP contribution is 2.33. The van der Waals surface area contributed by atoms with E-state index in [9.17, 15) is 24.4 Å². The van der Waals surface area contributed by atoms with E-state index in [0.717, 1.165) is 4.90 Å². The van der Waals surface area contributed by atoms with Crippen molar-refractivity contribution in [2.75, 3.05) is 4.90 Å². The van der Waals surface area contributed by atoms with Crippen LogP contribution in [0.2, 0.25) is 0 Å². The van der Waals surface area contributed by atoms with Crippen LogP contribution in [0.1, 0.15) is 26.5 Å². The molecule has 0 aliphatic carbocycles. The molecule has 1 heterocycles. The Morgan fingerprint density at radius 1 is 1.17 bits per heavy atom. The van der Waals surface area contributed by atoms with Crippen molar-refractivity contribution in [3.8, 4) is 5.69 Å². The third kappa shape index (κ3) is 4.08. The maximum atomic E-state index is 13.8. The summed E-state index contributed by atoms with van der Waals surface area (Å²) in [6, 6.07) is 12.4. The number of rotatable bonds is 4. The lowest BCUT2D eigenvalue weighted by atomic mass is 9.92. The van der Waals surface area contributed by atoms with E-state index in [1.54, 1.807) is 12.1 Å². The summed E-state index contributed by atoms with van der Waals surface area (Å²) >= 11 is 0. The molecule has 0 saturated carbocycles. The number of hydrogen-bond donors (Lipinski definition) is 1. The lowest BCUT2D eigenvalue weighted by molar-refractivity contribution is -0.384. The number of hydrogen-bond acceptors (Lipinski definition) is 4. The molecular weight excluding hydrogens is 379 g/mol. The normalized spacial score (nSPS) is 11.3. The molecule has 1 N–H and O–H groups in total. The van der Waals surface area contributed by atoms with Crippen LogP contribution in [-0.2, 0) is 5.41 Å². The van der Waals surface area contributed by atoms with Crippen molar-refractivity contribution in [2.24, 2.45) is 0 Å². The maximum Gasteiger partial charge on any atom is 0.417 e. The van der Waals surface area contributed by atoms with Gasteiger partial charge in [0.1, 0.15) is 11.6 Å². The van der Waals surface area contributed by atoms with E-state index in [1.165, 1.54) is 47.1 Å². The first-order valence-corrected chi connectivity index (χ1v) is 8.72. The fraction of sp³-hybridized carbons (Fsp3) is 0.200. The van der Waals surface area contributed by atoms with Crippen LogP contribution in [0.3, 0.4) is 0 Å². The quantitative estimate of drug-likeness (QED) is 0.490. The number of anilines is 2. The largest absolute Gasteiger partial charge is 0.464 e. The fourth-order valence-electron chi connectivity index (χ4n) is 2.76. The number of aromatic nitrogens is 2. The van der Waals surface area contributed by atoms with Crippen LogP contribution in [0, 0.1) is 15.9 Å². The number of nitro benzene ring substituents is 1. The van der Waals surface area contributed by atoms with Crippen molar-refractivity contribution in [3.63, 3.8) is 0 Å². The van der Waals surface area contributed by atoms with Gasteiger partial charge in [-0.15, -0.1) is 0 Å². The van der Waals surface area contributed by atoms with Crippen LogP contribution >= 0.6 is 0 Å². The third-order valence-corrected chi connectivity index (χ3v) is 4.25. The molecule has 0 saturated heterocycles. The Bertz CT molecular complexity index is 1070. The highest BCUT2D eigenvalue weighted by Gasteiger charge is 2.27. The molecule has 0 atom stereocenters. The fourth-order valence-corrected chi connectivity index (χ4v) is 2.76. The molecule has 3 aromatic rings. The first kappa shape index (κ1) is 20.0. The number of non-ortho nitro benzene ring substituents is 1. The Morgan fingerprint density at radius 2 is 1.83 bits per heavy atom. The zero-order valence-electron chi connectivity index (χ0n) is 16.0. The molecule has 0 aliphatic heterocycles. The summed E-state index contributed by atoms with van der Waals surface area (Å²) in [7, 11) is 0. The molecule has 2 aromatic carbocycles. The first-order valence-electron chi connectivity index (χ1n) is 8.72. The summed E-state index contributed by atoms with van der Waals surface area (Å²) in [5.41, 5.74) is 0.593. The summed E-state index contributed by atoms with van der Waals surface area (Å²) in [5.74, 6) is -0.319. The second-order valence-corrected chi connectivity index (χ2v) is 7.42. The van der Waals surface area contributed by atoms with E-state index in [0.29, 0.717) is 11.4 Å². The van der Waals surface area contributed by atoms with E-state index < -0.39 is 22.2 Å². The Labute approximate surface area is 166 Å². The molecule has 8 nitrogen and oxygen atoms in total. The van der Waals surface area contributed by atoms with Crippen LogP contribution in [0.25, 0.3) is 5.69 Å². The predicted molar refractivity (Wildman–Crippen MR) is 105 cm³/mol. The van der Waals surface area contributed by atoms with Gasteiger partial charge in [0.2, 0.25) is 0 Å². The Balaban J connectivity index is 2.21. The lowest BCUT2D eigenvalue weighted by Crippen LogP contribution is -2.26. The number of amides is 1. The van der Waals surface area contributed by atoms with E-state index in [-0.39, 0.29) is 17.2 Å². The number of halogens is 1. The van der Waals surface area contributed by atoms with Gasteiger partial charge in [-0.2, -0.15) is 5.10 Å². The highest BCUT2D eigenvalue weighted by molar-refractivity contribution is 5.94. The smallest absolute Gasteiger partial charge is 0.417 e. The second kappa shape index (κ2) is 7.34. The highest BCUT2D eigenvalue weighted by atomic mass is 19.1. The molecule has 1 amide bonds. The van der Waals surface area contributed by atoms with Gasteiger partial charge in [0.15, 0.2) is 0 Å². The van der Waals surface area contributed by atoms with Gasteiger partial charge in [0.25, 0.3) is 5.69 Å². The Hall–Kier alpha value is -3.75. The van der Waals surface area contributed by atoms with Crippen molar-refractivity contribution >= 4 is 23.3 Å². The van der Waals surface area contributed by atoms with Crippen LogP contribution in [0.5, 0.6) is 0 Å². The Kier molecular flexibility index (Phi) is 5.06. The van der Waals surface area contributed by atoms with Crippen LogP contribution in [0.15, 0.2) is 54.6 Å². The third-order valence-electron chi connectivity index (χ3n) is 4.25. The number of carbonyl (C=O) groups is 1.